The average molecular weight is 345 g/mol. The maximum absolute atomic E-state index is 12.7. The van der Waals surface area contributed by atoms with Gasteiger partial charge in [0.1, 0.15) is 10.8 Å². The lowest BCUT2D eigenvalue weighted by Gasteiger charge is -2.34. The van der Waals surface area contributed by atoms with E-state index in [-0.39, 0.29) is 12.1 Å². The fraction of sp³-hybridized carbons (Fsp3) is 0.471. The summed E-state index contributed by atoms with van der Waals surface area (Å²) < 4.78 is 0. The first kappa shape index (κ1) is 16.7. The van der Waals surface area contributed by atoms with Gasteiger partial charge in [-0.3, -0.25) is 0 Å². The SMILES string of the molecule is CN(C)c1ncccc1CNC(=O)N1CCCC[C@@H]1c1nccs1. The van der Waals surface area contributed by atoms with Gasteiger partial charge in [0.05, 0.1) is 6.04 Å². The van der Waals surface area contributed by atoms with Gasteiger partial charge >= 0.3 is 6.03 Å². The quantitative estimate of drug-likeness (QED) is 0.925. The Balaban J connectivity index is 1.68. The third kappa shape index (κ3) is 3.67. The molecule has 1 N–H and O–H groups in total. The molecule has 1 aliphatic rings. The largest absolute Gasteiger partial charge is 0.362 e. The van der Waals surface area contributed by atoms with Crippen molar-refractivity contribution in [3.63, 3.8) is 0 Å². The minimum Gasteiger partial charge on any atom is -0.362 e. The number of carbonyl (C=O) groups is 1. The number of pyridine rings is 1. The molecule has 0 unspecified atom stereocenters. The molecule has 24 heavy (non-hydrogen) atoms. The van der Waals surface area contributed by atoms with Crippen molar-refractivity contribution in [3.8, 4) is 0 Å². The van der Waals surface area contributed by atoms with E-state index in [0.29, 0.717) is 6.54 Å². The number of carbonyl (C=O) groups excluding carboxylic acids is 1. The Bertz CT molecular complexity index is 673. The highest BCUT2D eigenvalue weighted by Gasteiger charge is 2.29. The van der Waals surface area contributed by atoms with Crippen molar-refractivity contribution in [2.45, 2.75) is 31.8 Å². The molecule has 0 aliphatic carbocycles. The first-order chi connectivity index (χ1) is 11.7. The van der Waals surface area contributed by atoms with E-state index in [9.17, 15) is 4.79 Å². The number of hydrogen-bond donors (Lipinski definition) is 1. The van der Waals surface area contributed by atoms with Crippen LogP contribution in [0.3, 0.4) is 0 Å². The Morgan fingerprint density at radius 2 is 2.25 bits per heavy atom. The highest BCUT2D eigenvalue weighted by atomic mass is 32.1. The topological polar surface area (TPSA) is 61.4 Å². The van der Waals surface area contributed by atoms with Gasteiger partial charge in [0.15, 0.2) is 0 Å². The summed E-state index contributed by atoms with van der Waals surface area (Å²) in [4.78, 5) is 25.4. The third-order valence-electron chi connectivity index (χ3n) is 4.22. The zero-order valence-electron chi connectivity index (χ0n) is 14.1. The van der Waals surface area contributed by atoms with Crippen LogP contribution < -0.4 is 10.2 Å². The van der Waals surface area contributed by atoms with E-state index in [1.165, 1.54) is 0 Å². The number of thiazole rings is 1. The summed E-state index contributed by atoms with van der Waals surface area (Å²) in [5, 5.41) is 6.05. The normalized spacial score (nSPS) is 17.6. The summed E-state index contributed by atoms with van der Waals surface area (Å²) in [7, 11) is 3.91. The molecule has 7 heteroatoms. The Hall–Kier alpha value is -2.15. The number of nitrogens with zero attached hydrogens (tertiary/aromatic N) is 4. The Kier molecular flexibility index (Phi) is 5.30. The van der Waals surface area contributed by atoms with Crippen molar-refractivity contribution in [1.82, 2.24) is 20.2 Å². The number of nitrogens with one attached hydrogen (secondary N) is 1. The highest BCUT2D eigenvalue weighted by molar-refractivity contribution is 7.09. The lowest BCUT2D eigenvalue weighted by Crippen LogP contribution is -2.44. The molecule has 1 fully saturated rings. The van der Waals surface area contributed by atoms with Crippen LogP contribution in [-0.2, 0) is 6.54 Å². The maximum Gasteiger partial charge on any atom is 0.318 e. The van der Waals surface area contributed by atoms with Gasteiger partial charge in [0.25, 0.3) is 0 Å². The molecular weight excluding hydrogens is 322 g/mol. The standard InChI is InChI=1S/C17H23N5OS/c1-21(2)15-13(6-5-8-18-15)12-20-17(23)22-10-4-3-7-14(22)16-19-9-11-24-16/h5-6,8-9,11,14H,3-4,7,10,12H2,1-2H3,(H,20,23)/t14-/m1/s1. The van der Waals surface area contributed by atoms with E-state index in [2.05, 4.69) is 15.3 Å². The smallest absolute Gasteiger partial charge is 0.318 e. The number of piperidine rings is 1. The lowest BCUT2D eigenvalue weighted by molar-refractivity contribution is 0.151. The number of anilines is 1. The zero-order chi connectivity index (χ0) is 16.9. The van der Waals surface area contributed by atoms with Crippen LogP contribution in [0.25, 0.3) is 0 Å². The van der Waals surface area contributed by atoms with Crippen LogP contribution in [-0.4, -0.2) is 41.5 Å². The predicted octanol–water partition coefficient (Wildman–Crippen LogP) is 3.04. The number of aromatic nitrogens is 2. The number of amides is 2. The van der Waals surface area contributed by atoms with Gasteiger partial charge in [-0.1, -0.05) is 6.07 Å². The van der Waals surface area contributed by atoms with Gasteiger partial charge < -0.3 is 15.1 Å². The second-order valence-corrected chi connectivity index (χ2v) is 7.04. The highest BCUT2D eigenvalue weighted by Crippen LogP contribution is 2.32. The van der Waals surface area contributed by atoms with E-state index in [1.807, 2.05) is 47.6 Å². The number of rotatable bonds is 4. The van der Waals surface area contributed by atoms with Gasteiger partial charge in [-0.25, -0.2) is 14.8 Å². The minimum absolute atomic E-state index is 0.0246. The molecule has 2 aromatic heterocycles. The molecule has 3 rings (SSSR count). The van der Waals surface area contributed by atoms with Crippen LogP contribution in [0, 0.1) is 0 Å². The second-order valence-electron chi connectivity index (χ2n) is 6.11. The summed E-state index contributed by atoms with van der Waals surface area (Å²) in [6.45, 7) is 1.25. The fourth-order valence-corrected chi connectivity index (χ4v) is 3.86. The molecule has 1 atom stereocenters. The predicted molar refractivity (Wildman–Crippen MR) is 96.2 cm³/mol. The van der Waals surface area contributed by atoms with Gasteiger partial charge in [-0.15, -0.1) is 11.3 Å². The molecule has 0 saturated carbocycles. The molecule has 0 bridgehead atoms. The van der Waals surface area contributed by atoms with Crippen molar-refractivity contribution in [1.29, 1.82) is 0 Å². The van der Waals surface area contributed by atoms with E-state index in [0.717, 1.165) is 42.2 Å². The molecule has 128 valence electrons. The summed E-state index contributed by atoms with van der Waals surface area (Å²) >= 11 is 1.62. The van der Waals surface area contributed by atoms with E-state index < -0.39 is 0 Å². The molecule has 0 aromatic carbocycles. The maximum atomic E-state index is 12.7. The molecule has 2 amide bonds. The zero-order valence-corrected chi connectivity index (χ0v) is 14.9. The molecule has 1 aliphatic heterocycles. The minimum atomic E-state index is -0.0246. The van der Waals surface area contributed by atoms with Crippen LogP contribution in [0.1, 0.15) is 35.9 Å². The van der Waals surface area contributed by atoms with Crippen LogP contribution in [0.2, 0.25) is 0 Å². The number of urea groups is 1. The molecule has 6 nitrogen and oxygen atoms in total. The first-order valence-electron chi connectivity index (χ1n) is 8.22. The first-order valence-corrected chi connectivity index (χ1v) is 9.10. The summed E-state index contributed by atoms with van der Waals surface area (Å²) in [6.07, 6.45) is 6.75. The van der Waals surface area contributed by atoms with E-state index >= 15 is 0 Å². The third-order valence-corrected chi connectivity index (χ3v) is 5.10. The lowest BCUT2D eigenvalue weighted by atomic mass is 10.0. The van der Waals surface area contributed by atoms with Gasteiger partial charge in [-0.05, 0) is 25.3 Å². The molecular formula is C17H23N5OS. The monoisotopic (exact) mass is 345 g/mol. The van der Waals surface area contributed by atoms with Crippen molar-refractivity contribution in [2.75, 3.05) is 25.5 Å². The van der Waals surface area contributed by atoms with Gasteiger partial charge in [0.2, 0.25) is 0 Å². The summed E-state index contributed by atoms with van der Waals surface area (Å²) in [6, 6.07) is 3.97. The van der Waals surface area contributed by atoms with E-state index in [4.69, 9.17) is 0 Å². The number of likely N-dealkylation sites (tertiary alicyclic amines) is 1. The average Bonchev–Trinajstić information content (AvgIpc) is 3.14. The Labute approximate surface area is 146 Å². The summed E-state index contributed by atoms with van der Waals surface area (Å²) in [5.74, 6) is 0.882. The van der Waals surface area contributed by atoms with Crippen LogP contribution in [0.15, 0.2) is 29.9 Å². The summed E-state index contributed by atoms with van der Waals surface area (Å²) in [5.41, 5.74) is 1.01. The molecule has 0 spiro atoms. The van der Waals surface area contributed by atoms with Crippen LogP contribution in [0.5, 0.6) is 0 Å². The van der Waals surface area contributed by atoms with Crippen molar-refractivity contribution >= 4 is 23.2 Å². The molecule has 1 saturated heterocycles. The van der Waals surface area contributed by atoms with Crippen molar-refractivity contribution in [2.24, 2.45) is 0 Å². The molecule has 3 heterocycles. The van der Waals surface area contributed by atoms with E-state index in [1.54, 1.807) is 17.5 Å². The second kappa shape index (κ2) is 7.61. The van der Waals surface area contributed by atoms with Crippen LogP contribution in [0.4, 0.5) is 10.6 Å². The fourth-order valence-electron chi connectivity index (χ4n) is 3.07. The van der Waals surface area contributed by atoms with Crippen LogP contribution >= 0.6 is 11.3 Å². The number of hydrogen-bond acceptors (Lipinski definition) is 5. The molecule has 0 radical (unpaired) electrons. The molecule has 2 aromatic rings. The Morgan fingerprint density at radius 1 is 1.38 bits per heavy atom. The van der Waals surface area contributed by atoms with Gasteiger partial charge in [0, 0.05) is 50.5 Å². The Morgan fingerprint density at radius 3 is 3.00 bits per heavy atom. The van der Waals surface area contributed by atoms with Crippen molar-refractivity contribution in [3.05, 3.63) is 40.5 Å². The van der Waals surface area contributed by atoms with Crippen molar-refractivity contribution < 1.29 is 4.79 Å². The van der Waals surface area contributed by atoms with Gasteiger partial charge in [-0.2, -0.15) is 0 Å².